The summed E-state index contributed by atoms with van der Waals surface area (Å²) < 4.78 is 5.06. The Balaban J connectivity index is 1.99. The minimum absolute atomic E-state index is 0.0592. The second-order valence-electron chi connectivity index (χ2n) is 5.83. The zero-order valence-electron chi connectivity index (χ0n) is 15.3. The summed E-state index contributed by atoms with van der Waals surface area (Å²) in [5.74, 6) is -1.18. The fourth-order valence-electron chi connectivity index (χ4n) is 2.49. The summed E-state index contributed by atoms with van der Waals surface area (Å²) in [5, 5.41) is 13.9. The summed E-state index contributed by atoms with van der Waals surface area (Å²) in [5.41, 5.74) is 0.779. The van der Waals surface area contributed by atoms with Crippen LogP contribution in [0.15, 0.2) is 42.6 Å². The number of nitrogens with zero attached hydrogens (tertiary/aromatic N) is 2. The number of hydrogen-bond acceptors (Lipinski definition) is 7. The molecule has 30 heavy (non-hydrogen) atoms. The Hall–Kier alpha value is -3.01. The number of benzene rings is 1. The number of amides is 1. The van der Waals surface area contributed by atoms with Crippen molar-refractivity contribution >= 4 is 57.8 Å². The zero-order chi connectivity index (χ0) is 21.8. The third-order valence-corrected chi connectivity index (χ3v) is 5.69. The molecule has 0 bridgehead atoms. The van der Waals surface area contributed by atoms with Crippen LogP contribution in [0.25, 0.3) is 10.4 Å². The number of nitro benzene ring substituents is 1. The number of aromatic nitrogens is 1. The number of anilines is 1. The second-order valence-corrected chi connectivity index (χ2v) is 7.65. The largest absolute Gasteiger partial charge is 0.462 e. The van der Waals surface area contributed by atoms with Gasteiger partial charge in [0.2, 0.25) is 0 Å². The van der Waals surface area contributed by atoms with E-state index in [9.17, 15) is 19.7 Å². The molecule has 2 aromatic heterocycles. The molecule has 8 nitrogen and oxygen atoms in total. The normalized spacial score (nSPS) is 10.5. The molecule has 1 aromatic carbocycles. The number of ether oxygens (including phenoxy) is 1. The third-order valence-electron chi connectivity index (χ3n) is 3.84. The maximum atomic E-state index is 12.6. The SMILES string of the molecule is CCOC(=O)c1sc(-c2cccc([N+](=O)[O-])c2)cc1NC(=O)c1cnc(Cl)c(Cl)c1. The molecule has 0 aliphatic heterocycles. The lowest BCUT2D eigenvalue weighted by molar-refractivity contribution is -0.384. The molecule has 1 amide bonds. The first-order valence-corrected chi connectivity index (χ1v) is 10.1. The van der Waals surface area contributed by atoms with Gasteiger partial charge >= 0.3 is 5.97 Å². The highest BCUT2D eigenvalue weighted by molar-refractivity contribution is 7.18. The van der Waals surface area contributed by atoms with Crippen LogP contribution < -0.4 is 5.32 Å². The van der Waals surface area contributed by atoms with Gasteiger partial charge in [0.25, 0.3) is 11.6 Å². The standard InChI is InChI=1S/C19H13Cl2N3O5S/c1-2-29-19(26)16-14(23-18(25)11-7-13(20)17(21)22-9-11)8-15(30-16)10-4-3-5-12(6-10)24(27)28/h3-9H,2H2,1H3,(H,23,25). The van der Waals surface area contributed by atoms with Crippen LogP contribution in [-0.4, -0.2) is 28.4 Å². The average Bonchev–Trinajstić information content (AvgIpc) is 3.14. The quantitative estimate of drug-likeness (QED) is 0.224. The van der Waals surface area contributed by atoms with Crippen LogP contribution in [0.1, 0.15) is 27.0 Å². The van der Waals surface area contributed by atoms with E-state index in [1.54, 1.807) is 19.1 Å². The van der Waals surface area contributed by atoms with Gasteiger partial charge in [-0.3, -0.25) is 14.9 Å². The molecule has 0 aliphatic carbocycles. The lowest BCUT2D eigenvalue weighted by atomic mass is 10.1. The Kier molecular flexibility index (Phi) is 6.66. The van der Waals surface area contributed by atoms with Gasteiger partial charge in [0.1, 0.15) is 10.0 Å². The number of carbonyl (C=O) groups is 2. The van der Waals surface area contributed by atoms with E-state index >= 15 is 0 Å². The minimum Gasteiger partial charge on any atom is -0.462 e. The van der Waals surface area contributed by atoms with Crippen molar-refractivity contribution < 1.29 is 19.2 Å². The first kappa shape index (κ1) is 21.7. The number of carbonyl (C=O) groups excluding carboxylic acids is 2. The smallest absolute Gasteiger partial charge is 0.350 e. The molecule has 11 heteroatoms. The maximum absolute atomic E-state index is 12.6. The summed E-state index contributed by atoms with van der Waals surface area (Å²) in [4.78, 5) is 40.1. The fourth-order valence-corrected chi connectivity index (χ4v) is 3.76. The van der Waals surface area contributed by atoms with Gasteiger partial charge in [0, 0.05) is 23.2 Å². The van der Waals surface area contributed by atoms with Crippen LogP contribution in [0.5, 0.6) is 0 Å². The summed E-state index contributed by atoms with van der Waals surface area (Å²) >= 11 is 12.7. The number of rotatable bonds is 6. The van der Waals surface area contributed by atoms with Crippen molar-refractivity contribution in [2.75, 3.05) is 11.9 Å². The molecule has 154 valence electrons. The molecule has 0 spiro atoms. The number of nitrogens with one attached hydrogen (secondary N) is 1. The molecule has 0 unspecified atom stereocenters. The Morgan fingerprint density at radius 2 is 2.03 bits per heavy atom. The van der Waals surface area contributed by atoms with E-state index in [4.69, 9.17) is 27.9 Å². The van der Waals surface area contributed by atoms with Gasteiger partial charge in [-0.25, -0.2) is 9.78 Å². The van der Waals surface area contributed by atoms with Gasteiger partial charge in [-0.1, -0.05) is 35.3 Å². The lowest BCUT2D eigenvalue weighted by Gasteiger charge is -2.06. The highest BCUT2D eigenvalue weighted by atomic mass is 35.5. The molecular weight excluding hydrogens is 453 g/mol. The topological polar surface area (TPSA) is 111 Å². The van der Waals surface area contributed by atoms with Crippen molar-refractivity contribution in [2.45, 2.75) is 6.92 Å². The Bertz CT molecular complexity index is 1150. The van der Waals surface area contributed by atoms with Gasteiger partial charge < -0.3 is 10.1 Å². The molecule has 0 fully saturated rings. The Labute approximate surface area is 184 Å². The van der Waals surface area contributed by atoms with E-state index in [0.29, 0.717) is 10.4 Å². The van der Waals surface area contributed by atoms with E-state index < -0.39 is 16.8 Å². The number of pyridine rings is 1. The van der Waals surface area contributed by atoms with Crippen molar-refractivity contribution in [1.29, 1.82) is 0 Å². The van der Waals surface area contributed by atoms with Crippen LogP contribution in [-0.2, 0) is 4.74 Å². The molecule has 1 N–H and O–H groups in total. The molecule has 0 saturated carbocycles. The molecular formula is C19H13Cl2N3O5S. The van der Waals surface area contributed by atoms with Gasteiger partial charge in [-0.05, 0) is 24.6 Å². The van der Waals surface area contributed by atoms with Crippen LogP contribution in [0.4, 0.5) is 11.4 Å². The van der Waals surface area contributed by atoms with E-state index in [2.05, 4.69) is 10.3 Å². The van der Waals surface area contributed by atoms with E-state index in [-0.39, 0.29) is 38.6 Å². The highest BCUT2D eigenvalue weighted by Gasteiger charge is 2.21. The maximum Gasteiger partial charge on any atom is 0.350 e. The monoisotopic (exact) mass is 465 g/mol. The van der Waals surface area contributed by atoms with Crippen LogP contribution >= 0.6 is 34.5 Å². The first-order valence-electron chi connectivity index (χ1n) is 8.48. The molecule has 0 radical (unpaired) electrons. The van der Waals surface area contributed by atoms with Crippen LogP contribution in [0, 0.1) is 10.1 Å². The number of hydrogen-bond donors (Lipinski definition) is 1. The van der Waals surface area contributed by atoms with Crippen molar-refractivity contribution in [3.05, 3.63) is 73.3 Å². The van der Waals surface area contributed by atoms with Gasteiger partial charge in [0.05, 0.1) is 27.8 Å². The number of nitro groups is 1. The minimum atomic E-state index is -0.623. The molecule has 0 aliphatic rings. The highest BCUT2D eigenvalue weighted by Crippen LogP contribution is 2.37. The predicted octanol–water partition coefficient (Wildman–Crippen LogP) is 5.45. The Morgan fingerprint density at radius 3 is 2.70 bits per heavy atom. The van der Waals surface area contributed by atoms with Crippen LogP contribution in [0.3, 0.4) is 0 Å². The van der Waals surface area contributed by atoms with Gasteiger partial charge in [-0.15, -0.1) is 11.3 Å². The molecule has 0 saturated heterocycles. The number of thiophene rings is 1. The molecule has 3 aromatic rings. The number of halogens is 2. The lowest BCUT2D eigenvalue weighted by Crippen LogP contribution is -2.14. The molecule has 0 atom stereocenters. The van der Waals surface area contributed by atoms with Crippen molar-refractivity contribution in [2.24, 2.45) is 0 Å². The zero-order valence-corrected chi connectivity index (χ0v) is 17.7. The third kappa shape index (κ3) is 4.76. The first-order chi connectivity index (χ1) is 14.3. The summed E-state index contributed by atoms with van der Waals surface area (Å²) in [6.07, 6.45) is 1.25. The predicted molar refractivity (Wildman–Crippen MR) is 115 cm³/mol. The van der Waals surface area contributed by atoms with Crippen molar-refractivity contribution in [3.8, 4) is 10.4 Å². The number of esters is 1. The van der Waals surface area contributed by atoms with Gasteiger partial charge in [0.15, 0.2) is 0 Å². The summed E-state index contributed by atoms with van der Waals surface area (Å²) in [6.45, 7) is 1.81. The van der Waals surface area contributed by atoms with Crippen molar-refractivity contribution in [3.63, 3.8) is 0 Å². The van der Waals surface area contributed by atoms with E-state index in [1.807, 2.05) is 0 Å². The van der Waals surface area contributed by atoms with Crippen LogP contribution in [0.2, 0.25) is 10.2 Å². The number of non-ortho nitro benzene ring substituents is 1. The second kappa shape index (κ2) is 9.21. The summed E-state index contributed by atoms with van der Waals surface area (Å²) in [6, 6.07) is 8.86. The van der Waals surface area contributed by atoms with Crippen molar-refractivity contribution in [1.82, 2.24) is 4.98 Å². The fraction of sp³-hybridized carbons (Fsp3) is 0.105. The average molecular weight is 466 g/mol. The molecule has 2 heterocycles. The van der Waals surface area contributed by atoms with E-state index in [0.717, 1.165) is 11.3 Å². The molecule has 3 rings (SSSR count). The Morgan fingerprint density at radius 1 is 1.27 bits per heavy atom. The van der Waals surface area contributed by atoms with E-state index in [1.165, 1.54) is 30.5 Å². The van der Waals surface area contributed by atoms with Gasteiger partial charge in [-0.2, -0.15) is 0 Å². The summed E-state index contributed by atoms with van der Waals surface area (Å²) in [7, 11) is 0.